The Morgan fingerprint density at radius 3 is 2.18 bits per heavy atom. The van der Waals surface area contributed by atoms with Crippen LogP contribution >= 0.6 is 0 Å². The van der Waals surface area contributed by atoms with Crippen LogP contribution in [0.4, 0.5) is 0 Å². The van der Waals surface area contributed by atoms with Gasteiger partial charge in [0.2, 0.25) is 0 Å². The second-order valence-corrected chi connectivity index (χ2v) is 5.27. The first kappa shape index (κ1) is 18.7. The van der Waals surface area contributed by atoms with Gasteiger partial charge in [0.1, 0.15) is 5.75 Å². The molecule has 124 valence electrons. The smallest absolute Gasteiger partial charge is 0.156 e. The average Bonchev–Trinajstić information content (AvgIpc) is 2.58. The summed E-state index contributed by atoms with van der Waals surface area (Å²) in [4.78, 5) is 0. The van der Waals surface area contributed by atoms with Crippen LogP contribution in [0, 0.1) is 5.92 Å². The minimum atomic E-state index is -0.191. The van der Waals surface area contributed by atoms with E-state index in [9.17, 15) is 0 Å². The monoisotopic (exact) mass is 308 g/mol. The molecule has 4 nitrogen and oxygen atoms in total. The van der Waals surface area contributed by atoms with Crippen molar-refractivity contribution in [2.45, 2.75) is 38.8 Å². The first-order valence-corrected chi connectivity index (χ1v) is 7.57. The van der Waals surface area contributed by atoms with E-state index >= 15 is 0 Å². The second-order valence-electron chi connectivity index (χ2n) is 5.27. The van der Waals surface area contributed by atoms with E-state index in [4.69, 9.17) is 18.9 Å². The quantitative estimate of drug-likeness (QED) is 0.460. The molecule has 1 aromatic carbocycles. The molecule has 0 aliphatic rings. The normalized spacial score (nSPS) is 13.9. The first-order valence-electron chi connectivity index (χ1n) is 7.57. The van der Waals surface area contributed by atoms with E-state index in [2.05, 4.69) is 13.5 Å². The number of methoxy groups -OCH3 is 3. The minimum Gasteiger partial charge on any atom is -0.497 e. The Morgan fingerprint density at radius 2 is 1.68 bits per heavy atom. The summed E-state index contributed by atoms with van der Waals surface area (Å²) in [7, 11) is 4.96. The van der Waals surface area contributed by atoms with Gasteiger partial charge in [-0.15, -0.1) is 6.58 Å². The minimum absolute atomic E-state index is 0.0902. The number of hydrogen-bond donors (Lipinski definition) is 0. The standard InChI is InChI=1S/C18H28O4/c1-6-14(2)17(11-12-18(20-4)21-5)22-13-15-7-9-16(19-3)10-8-15/h6-10,14,17-18H,1,11-13H2,2-5H3/t14-,17+/m1/s1. The summed E-state index contributed by atoms with van der Waals surface area (Å²) in [6.45, 7) is 6.55. The predicted molar refractivity (Wildman–Crippen MR) is 88.0 cm³/mol. The van der Waals surface area contributed by atoms with E-state index in [1.165, 1.54) is 0 Å². The maximum absolute atomic E-state index is 6.07. The molecule has 4 heteroatoms. The van der Waals surface area contributed by atoms with Gasteiger partial charge in [0.25, 0.3) is 0 Å². The molecule has 0 amide bonds. The SMILES string of the molecule is C=C[C@@H](C)[C@H](CCC(OC)OC)OCc1ccc(OC)cc1. The van der Waals surface area contributed by atoms with Gasteiger partial charge in [-0.25, -0.2) is 0 Å². The first-order chi connectivity index (χ1) is 10.6. The molecular weight excluding hydrogens is 280 g/mol. The van der Waals surface area contributed by atoms with Crippen molar-refractivity contribution in [2.24, 2.45) is 5.92 Å². The van der Waals surface area contributed by atoms with Crippen molar-refractivity contribution < 1.29 is 18.9 Å². The summed E-state index contributed by atoms with van der Waals surface area (Å²) >= 11 is 0. The largest absolute Gasteiger partial charge is 0.497 e. The van der Waals surface area contributed by atoms with E-state index in [1.807, 2.05) is 30.3 Å². The second kappa shape index (κ2) is 10.4. The van der Waals surface area contributed by atoms with E-state index < -0.39 is 0 Å². The molecule has 0 aliphatic heterocycles. The number of rotatable bonds is 11. The number of hydrogen-bond acceptors (Lipinski definition) is 4. The highest BCUT2D eigenvalue weighted by atomic mass is 16.7. The molecule has 0 aromatic heterocycles. The van der Waals surface area contributed by atoms with Gasteiger partial charge in [-0.05, 0) is 30.0 Å². The van der Waals surface area contributed by atoms with Gasteiger partial charge >= 0.3 is 0 Å². The third kappa shape index (κ3) is 6.18. The molecule has 0 saturated heterocycles. The van der Waals surface area contributed by atoms with Gasteiger partial charge in [-0.1, -0.05) is 25.1 Å². The maximum Gasteiger partial charge on any atom is 0.156 e. The molecule has 0 unspecified atom stereocenters. The molecule has 0 bridgehead atoms. The lowest BCUT2D eigenvalue weighted by atomic mass is 10.00. The van der Waals surface area contributed by atoms with Gasteiger partial charge in [-0.3, -0.25) is 0 Å². The maximum atomic E-state index is 6.07. The van der Waals surface area contributed by atoms with Crippen molar-refractivity contribution in [3.05, 3.63) is 42.5 Å². The lowest BCUT2D eigenvalue weighted by Crippen LogP contribution is -2.24. The van der Waals surface area contributed by atoms with Crippen molar-refractivity contribution in [2.75, 3.05) is 21.3 Å². The molecule has 0 radical (unpaired) electrons. The summed E-state index contributed by atoms with van der Waals surface area (Å²) < 4.78 is 21.7. The van der Waals surface area contributed by atoms with Crippen molar-refractivity contribution >= 4 is 0 Å². The average molecular weight is 308 g/mol. The zero-order valence-corrected chi connectivity index (χ0v) is 14.1. The fourth-order valence-corrected chi connectivity index (χ4v) is 2.21. The molecule has 1 rings (SSSR count). The highest BCUT2D eigenvalue weighted by Gasteiger charge is 2.18. The van der Waals surface area contributed by atoms with Crippen molar-refractivity contribution in [1.82, 2.24) is 0 Å². The fourth-order valence-electron chi connectivity index (χ4n) is 2.21. The summed E-state index contributed by atoms with van der Waals surface area (Å²) in [6, 6.07) is 7.91. The van der Waals surface area contributed by atoms with Gasteiger partial charge in [-0.2, -0.15) is 0 Å². The van der Waals surface area contributed by atoms with Crippen LogP contribution < -0.4 is 4.74 Å². The molecule has 0 fully saturated rings. The highest BCUT2D eigenvalue weighted by Crippen LogP contribution is 2.19. The van der Waals surface area contributed by atoms with Crippen LogP contribution in [-0.4, -0.2) is 33.7 Å². The Kier molecular flexibility index (Phi) is 8.82. The Morgan fingerprint density at radius 1 is 1.05 bits per heavy atom. The lowest BCUT2D eigenvalue weighted by molar-refractivity contribution is -0.115. The van der Waals surface area contributed by atoms with Crippen LogP contribution in [0.5, 0.6) is 5.75 Å². The van der Waals surface area contributed by atoms with Crippen LogP contribution in [0.3, 0.4) is 0 Å². The summed E-state index contributed by atoms with van der Waals surface area (Å²) in [5.41, 5.74) is 1.12. The van der Waals surface area contributed by atoms with Gasteiger partial charge in [0.05, 0.1) is 19.8 Å². The van der Waals surface area contributed by atoms with E-state index in [0.717, 1.165) is 24.2 Å². The van der Waals surface area contributed by atoms with Crippen LogP contribution in [0.15, 0.2) is 36.9 Å². The van der Waals surface area contributed by atoms with E-state index in [-0.39, 0.29) is 18.3 Å². The van der Waals surface area contributed by atoms with Crippen molar-refractivity contribution in [3.63, 3.8) is 0 Å². The van der Waals surface area contributed by atoms with E-state index in [1.54, 1.807) is 21.3 Å². The number of benzene rings is 1. The summed E-state index contributed by atoms with van der Waals surface area (Å²) in [5.74, 6) is 1.12. The van der Waals surface area contributed by atoms with Gasteiger partial charge in [0, 0.05) is 20.6 Å². The van der Waals surface area contributed by atoms with Crippen LogP contribution in [0.1, 0.15) is 25.3 Å². The zero-order chi connectivity index (χ0) is 16.4. The molecule has 1 aromatic rings. The Bertz CT molecular complexity index is 412. The third-order valence-corrected chi connectivity index (χ3v) is 3.79. The lowest BCUT2D eigenvalue weighted by Gasteiger charge is -2.24. The zero-order valence-electron chi connectivity index (χ0n) is 14.1. The fraction of sp³-hybridized carbons (Fsp3) is 0.556. The third-order valence-electron chi connectivity index (χ3n) is 3.79. The highest BCUT2D eigenvalue weighted by molar-refractivity contribution is 5.26. The van der Waals surface area contributed by atoms with E-state index in [0.29, 0.717) is 6.61 Å². The van der Waals surface area contributed by atoms with Gasteiger partial charge < -0.3 is 18.9 Å². The molecule has 0 aliphatic carbocycles. The van der Waals surface area contributed by atoms with Gasteiger partial charge in [0.15, 0.2) is 6.29 Å². The Labute approximate surface area is 134 Å². The Hall–Kier alpha value is -1.36. The molecule has 0 heterocycles. The summed E-state index contributed by atoms with van der Waals surface area (Å²) in [6.07, 6.45) is 3.47. The van der Waals surface area contributed by atoms with Crippen molar-refractivity contribution in [3.8, 4) is 5.75 Å². The van der Waals surface area contributed by atoms with Crippen molar-refractivity contribution in [1.29, 1.82) is 0 Å². The Balaban J connectivity index is 2.54. The predicted octanol–water partition coefficient (Wildman–Crippen LogP) is 3.80. The van der Waals surface area contributed by atoms with Crippen LogP contribution in [0.25, 0.3) is 0 Å². The molecule has 2 atom stereocenters. The summed E-state index contributed by atoms with van der Waals surface area (Å²) in [5, 5.41) is 0. The van der Waals surface area contributed by atoms with Crippen LogP contribution in [-0.2, 0) is 20.8 Å². The number of ether oxygens (including phenoxy) is 4. The molecule has 0 N–H and O–H groups in total. The van der Waals surface area contributed by atoms with Crippen LogP contribution in [0.2, 0.25) is 0 Å². The molecule has 0 spiro atoms. The molecule has 0 saturated carbocycles. The topological polar surface area (TPSA) is 36.9 Å². The molecule has 22 heavy (non-hydrogen) atoms. The molecular formula is C18H28O4.